The lowest BCUT2D eigenvalue weighted by Gasteiger charge is -2.28. The van der Waals surface area contributed by atoms with Crippen LogP contribution >= 0.6 is 11.8 Å². The number of nitrogens with zero attached hydrogens (tertiary/aromatic N) is 1. The highest BCUT2D eigenvalue weighted by Gasteiger charge is 2.19. The van der Waals surface area contributed by atoms with Gasteiger partial charge in [0.1, 0.15) is 0 Å². The largest absolute Gasteiger partial charge is 0.342 e. The lowest BCUT2D eigenvalue weighted by atomic mass is 10.1. The van der Waals surface area contributed by atoms with E-state index in [1.807, 2.05) is 4.90 Å². The first-order valence-electron chi connectivity index (χ1n) is 5.41. The summed E-state index contributed by atoms with van der Waals surface area (Å²) in [4.78, 5) is 13.8. The summed E-state index contributed by atoms with van der Waals surface area (Å²) in [7, 11) is 0. The van der Waals surface area contributed by atoms with Gasteiger partial charge in [-0.3, -0.25) is 4.79 Å². The maximum Gasteiger partial charge on any atom is 0.232 e. The van der Waals surface area contributed by atoms with Gasteiger partial charge in [-0.25, -0.2) is 0 Å². The second-order valence-corrected chi connectivity index (χ2v) is 6.64. The summed E-state index contributed by atoms with van der Waals surface area (Å²) in [5, 5.41) is 0. The van der Waals surface area contributed by atoms with Gasteiger partial charge in [-0.05, 0) is 19.3 Å². The molecule has 0 atom stereocenters. The van der Waals surface area contributed by atoms with Crippen LogP contribution < -0.4 is 0 Å². The zero-order valence-electron chi connectivity index (χ0n) is 9.51. The maximum absolute atomic E-state index is 11.7. The van der Waals surface area contributed by atoms with E-state index in [9.17, 15) is 4.79 Å². The normalized spacial score (nSPS) is 18.4. The van der Waals surface area contributed by atoms with Gasteiger partial charge in [0, 0.05) is 17.8 Å². The number of amides is 1. The van der Waals surface area contributed by atoms with Crippen LogP contribution in [0.1, 0.15) is 40.0 Å². The molecule has 0 saturated carbocycles. The minimum absolute atomic E-state index is 0.200. The second kappa shape index (κ2) is 5.06. The Kier molecular flexibility index (Phi) is 4.30. The molecule has 3 heteroatoms. The summed E-state index contributed by atoms with van der Waals surface area (Å²) in [5.74, 6) is 0.966. The van der Waals surface area contributed by atoms with Crippen molar-refractivity contribution in [1.82, 2.24) is 4.90 Å². The van der Waals surface area contributed by atoms with Crippen LogP contribution in [-0.2, 0) is 4.79 Å². The van der Waals surface area contributed by atoms with Crippen molar-refractivity contribution in [3.63, 3.8) is 0 Å². The Morgan fingerprint density at radius 1 is 1.21 bits per heavy atom. The summed E-state index contributed by atoms with van der Waals surface area (Å²) < 4.78 is 0.200. The standard InChI is InChI=1S/C11H21NOS/c1-11(2,3)14-9-10(13)12-7-5-4-6-8-12/h4-9H2,1-3H3. The molecule has 0 radical (unpaired) electrons. The number of thioether (sulfide) groups is 1. The van der Waals surface area contributed by atoms with Gasteiger partial charge in [0.2, 0.25) is 5.91 Å². The fourth-order valence-electron chi connectivity index (χ4n) is 1.51. The molecule has 14 heavy (non-hydrogen) atoms. The third kappa shape index (κ3) is 4.36. The Morgan fingerprint density at radius 3 is 2.29 bits per heavy atom. The van der Waals surface area contributed by atoms with Crippen LogP contribution in [0.15, 0.2) is 0 Å². The van der Waals surface area contributed by atoms with Crippen LogP contribution in [0.4, 0.5) is 0 Å². The number of hydrogen-bond donors (Lipinski definition) is 0. The average molecular weight is 215 g/mol. The molecule has 0 aromatic rings. The number of piperidine rings is 1. The predicted molar refractivity (Wildman–Crippen MR) is 62.6 cm³/mol. The molecule has 1 aliphatic rings. The highest BCUT2D eigenvalue weighted by molar-refractivity contribution is 8.01. The molecule has 0 aromatic carbocycles. The van der Waals surface area contributed by atoms with Crippen LogP contribution in [0.25, 0.3) is 0 Å². The SMILES string of the molecule is CC(C)(C)SCC(=O)N1CCCCC1. The molecule has 82 valence electrons. The molecule has 0 unspecified atom stereocenters. The average Bonchev–Trinajstić information content (AvgIpc) is 2.14. The number of hydrogen-bond acceptors (Lipinski definition) is 2. The predicted octanol–water partition coefficient (Wildman–Crippen LogP) is 2.53. The molecular formula is C11H21NOS. The Labute approximate surface area is 91.4 Å². The molecule has 0 bridgehead atoms. The van der Waals surface area contributed by atoms with Crippen molar-refractivity contribution in [2.45, 2.75) is 44.8 Å². The molecular weight excluding hydrogens is 194 g/mol. The number of rotatable bonds is 2. The van der Waals surface area contributed by atoms with E-state index < -0.39 is 0 Å². The van der Waals surface area contributed by atoms with E-state index in [-0.39, 0.29) is 4.75 Å². The topological polar surface area (TPSA) is 20.3 Å². The number of carbonyl (C=O) groups is 1. The van der Waals surface area contributed by atoms with Gasteiger partial charge in [0.15, 0.2) is 0 Å². The zero-order chi connectivity index (χ0) is 10.6. The third-order valence-electron chi connectivity index (χ3n) is 2.34. The Morgan fingerprint density at radius 2 is 1.79 bits per heavy atom. The highest BCUT2D eigenvalue weighted by atomic mass is 32.2. The van der Waals surface area contributed by atoms with Crippen LogP contribution in [-0.4, -0.2) is 34.4 Å². The lowest BCUT2D eigenvalue weighted by Crippen LogP contribution is -2.37. The molecule has 0 spiro atoms. The van der Waals surface area contributed by atoms with Crippen LogP contribution in [0.2, 0.25) is 0 Å². The molecule has 0 aromatic heterocycles. The van der Waals surface area contributed by atoms with Gasteiger partial charge in [-0.1, -0.05) is 20.8 Å². The first-order chi connectivity index (χ1) is 6.49. The van der Waals surface area contributed by atoms with E-state index >= 15 is 0 Å². The summed E-state index contributed by atoms with van der Waals surface area (Å²) in [5.41, 5.74) is 0. The van der Waals surface area contributed by atoms with E-state index in [1.54, 1.807) is 11.8 Å². The van der Waals surface area contributed by atoms with E-state index in [4.69, 9.17) is 0 Å². The van der Waals surface area contributed by atoms with E-state index in [0.717, 1.165) is 13.1 Å². The van der Waals surface area contributed by atoms with Crippen LogP contribution in [0.5, 0.6) is 0 Å². The van der Waals surface area contributed by atoms with Crippen molar-refractivity contribution in [1.29, 1.82) is 0 Å². The van der Waals surface area contributed by atoms with Crippen molar-refractivity contribution in [3.8, 4) is 0 Å². The minimum atomic E-state index is 0.200. The molecule has 1 heterocycles. The lowest BCUT2D eigenvalue weighted by molar-refractivity contribution is -0.129. The Balaban J connectivity index is 2.27. The van der Waals surface area contributed by atoms with E-state index in [2.05, 4.69) is 20.8 Å². The first kappa shape index (κ1) is 11.9. The summed E-state index contributed by atoms with van der Waals surface area (Å²) in [6, 6.07) is 0. The summed E-state index contributed by atoms with van der Waals surface area (Å²) in [6.07, 6.45) is 3.66. The first-order valence-corrected chi connectivity index (χ1v) is 6.39. The van der Waals surface area contributed by atoms with Gasteiger partial charge in [-0.15, -0.1) is 11.8 Å². The fourth-order valence-corrected chi connectivity index (χ4v) is 2.25. The van der Waals surface area contributed by atoms with Crippen molar-refractivity contribution in [2.24, 2.45) is 0 Å². The Bertz CT molecular complexity index is 192. The highest BCUT2D eigenvalue weighted by Crippen LogP contribution is 2.23. The Hall–Kier alpha value is -0.180. The molecule has 1 rings (SSSR count). The molecule has 1 aliphatic heterocycles. The fraction of sp³-hybridized carbons (Fsp3) is 0.909. The number of likely N-dealkylation sites (tertiary alicyclic amines) is 1. The number of carbonyl (C=O) groups excluding carboxylic acids is 1. The molecule has 1 saturated heterocycles. The molecule has 2 nitrogen and oxygen atoms in total. The molecule has 0 N–H and O–H groups in total. The van der Waals surface area contributed by atoms with Crippen molar-refractivity contribution in [2.75, 3.05) is 18.8 Å². The van der Waals surface area contributed by atoms with Gasteiger partial charge >= 0.3 is 0 Å². The smallest absolute Gasteiger partial charge is 0.232 e. The quantitative estimate of drug-likeness (QED) is 0.705. The molecule has 1 amide bonds. The van der Waals surface area contributed by atoms with Gasteiger partial charge in [0.05, 0.1) is 5.75 Å². The monoisotopic (exact) mass is 215 g/mol. The zero-order valence-corrected chi connectivity index (χ0v) is 10.3. The summed E-state index contributed by atoms with van der Waals surface area (Å²) >= 11 is 1.74. The van der Waals surface area contributed by atoms with E-state index in [0.29, 0.717) is 11.7 Å². The van der Waals surface area contributed by atoms with Gasteiger partial charge < -0.3 is 4.90 Å². The van der Waals surface area contributed by atoms with E-state index in [1.165, 1.54) is 19.3 Å². The van der Waals surface area contributed by atoms with Gasteiger partial charge in [0.25, 0.3) is 0 Å². The van der Waals surface area contributed by atoms with Crippen molar-refractivity contribution >= 4 is 17.7 Å². The second-order valence-electron chi connectivity index (χ2n) is 4.84. The van der Waals surface area contributed by atoms with Crippen molar-refractivity contribution in [3.05, 3.63) is 0 Å². The van der Waals surface area contributed by atoms with Gasteiger partial charge in [-0.2, -0.15) is 0 Å². The summed E-state index contributed by atoms with van der Waals surface area (Å²) in [6.45, 7) is 8.41. The maximum atomic E-state index is 11.7. The molecule has 0 aliphatic carbocycles. The third-order valence-corrected chi connectivity index (χ3v) is 3.59. The van der Waals surface area contributed by atoms with Crippen LogP contribution in [0.3, 0.4) is 0 Å². The van der Waals surface area contributed by atoms with Crippen LogP contribution in [0, 0.1) is 0 Å². The minimum Gasteiger partial charge on any atom is -0.342 e. The molecule has 1 fully saturated rings. The van der Waals surface area contributed by atoms with Crippen molar-refractivity contribution < 1.29 is 4.79 Å².